The summed E-state index contributed by atoms with van der Waals surface area (Å²) in [6.45, 7) is 11.1. The standard InChI is InChI=1S/C18H27NO4/c1-11(2)15-8-7-14(9-12(15)3)23-13(4)16(20)19-10-18(5,6)17(21)22/h7-9,11,13H,10H2,1-6H3,(H,19,20)(H,21,22). The van der Waals surface area contributed by atoms with E-state index in [1.165, 1.54) is 5.56 Å². The van der Waals surface area contributed by atoms with Crippen LogP contribution in [-0.2, 0) is 9.59 Å². The first-order valence-corrected chi connectivity index (χ1v) is 7.83. The molecule has 0 saturated carbocycles. The van der Waals surface area contributed by atoms with E-state index in [-0.39, 0.29) is 12.5 Å². The number of ether oxygens (including phenoxy) is 1. The fourth-order valence-corrected chi connectivity index (χ4v) is 2.15. The third-order valence-corrected chi connectivity index (χ3v) is 3.83. The summed E-state index contributed by atoms with van der Waals surface area (Å²) in [4.78, 5) is 23.1. The van der Waals surface area contributed by atoms with Crippen molar-refractivity contribution in [3.05, 3.63) is 29.3 Å². The van der Waals surface area contributed by atoms with Gasteiger partial charge >= 0.3 is 5.97 Å². The van der Waals surface area contributed by atoms with Crippen molar-refractivity contribution in [2.45, 2.75) is 53.6 Å². The van der Waals surface area contributed by atoms with Gasteiger partial charge in [-0.2, -0.15) is 0 Å². The van der Waals surface area contributed by atoms with Crippen molar-refractivity contribution in [3.8, 4) is 5.75 Å². The maximum absolute atomic E-state index is 12.0. The Labute approximate surface area is 138 Å². The molecule has 0 aliphatic carbocycles. The summed E-state index contributed by atoms with van der Waals surface area (Å²) in [5.74, 6) is -0.216. The van der Waals surface area contributed by atoms with Gasteiger partial charge in [-0.1, -0.05) is 19.9 Å². The predicted molar refractivity (Wildman–Crippen MR) is 89.8 cm³/mol. The number of carbonyl (C=O) groups is 2. The summed E-state index contributed by atoms with van der Waals surface area (Å²) in [7, 11) is 0. The predicted octanol–water partition coefficient (Wildman–Crippen LogP) is 3.11. The van der Waals surface area contributed by atoms with Crippen molar-refractivity contribution in [2.75, 3.05) is 6.54 Å². The van der Waals surface area contributed by atoms with Gasteiger partial charge in [0, 0.05) is 6.54 Å². The van der Waals surface area contributed by atoms with Gasteiger partial charge < -0.3 is 15.2 Å². The third kappa shape index (κ3) is 5.27. The summed E-state index contributed by atoms with van der Waals surface area (Å²) < 4.78 is 5.66. The van der Waals surface area contributed by atoms with E-state index in [0.29, 0.717) is 11.7 Å². The average molecular weight is 321 g/mol. The molecule has 1 aromatic carbocycles. The van der Waals surface area contributed by atoms with Crippen molar-refractivity contribution >= 4 is 11.9 Å². The Bertz CT molecular complexity index is 578. The second-order valence-electron chi connectivity index (χ2n) is 6.84. The van der Waals surface area contributed by atoms with E-state index in [2.05, 4.69) is 19.2 Å². The van der Waals surface area contributed by atoms with Crippen LogP contribution in [0, 0.1) is 12.3 Å². The van der Waals surface area contributed by atoms with Crippen LogP contribution in [-0.4, -0.2) is 29.6 Å². The molecular formula is C18H27NO4. The quantitative estimate of drug-likeness (QED) is 0.809. The molecule has 0 aliphatic rings. The van der Waals surface area contributed by atoms with E-state index in [4.69, 9.17) is 9.84 Å². The number of hydrogen-bond acceptors (Lipinski definition) is 3. The lowest BCUT2D eigenvalue weighted by Crippen LogP contribution is -2.43. The molecule has 23 heavy (non-hydrogen) atoms. The lowest BCUT2D eigenvalue weighted by molar-refractivity contribution is -0.147. The molecule has 0 saturated heterocycles. The molecule has 1 atom stereocenters. The highest BCUT2D eigenvalue weighted by atomic mass is 16.5. The van der Waals surface area contributed by atoms with Gasteiger partial charge in [0.2, 0.25) is 0 Å². The summed E-state index contributed by atoms with van der Waals surface area (Å²) >= 11 is 0. The van der Waals surface area contributed by atoms with Gasteiger partial charge in [-0.3, -0.25) is 9.59 Å². The molecule has 1 aromatic rings. The fourth-order valence-electron chi connectivity index (χ4n) is 2.15. The van der Waals surface area contributed by atoms with Crippen LogP contribution in [0.3, 0.4) is 0 Å². The Balaban J connectivity index is 2.65. The normalized spacial score (nSPS) is 12.8. The zero-order valence-corrected chi connectivity index (χ0v) is 14.8. The first-order valence-electron chi connectivity index (χ1n) is 7.83. The minimum Gasteiger partial charge on any atom is -0.481 e. The molecule has 5 heteroatoms. The number of carbonyl (C=O) groups excluding carboxylic acids is 1. The number of aliphatic carboxylic acids is 1. The minimum absolute atomic E-state index is 0.0557. The van der Waals surface area contributed by atoms with E-state index in [0.717, 1.165) is 5.56 Å². The minimum atomic E-state index is -1.01. The SMILES string of the molecule is Cc1cc(OC(C)C(=O)NCC(C)(C)C(=O)O)ccc1C(C)C. The number of aryl methyl sites for hydroxylation is 1. The molecule has 1 unspecified atom stereocenters. The molecule has 0 aliphatic heterocycles. The average Bonchev–Trinajstić information content (AvgIpc) is 2.44. The summed E-state index contributed by atoms with van der Waals surface area (Å²) in [5, 5.41) is 11.7. The van der Waals surface area contributed by atoms with Gasteiger partial charge in [0.25, 0.3) is 5.91 Å². The Morgan fingerprint density at radius 1 is 1.26 bits per heavy atom. The number of benzene rings is 1. The van der Waals surface area contributed by atoms with Gasteiger partial charge in [-0.25, -0.2) is 0 Å². The fraction of sp³-hybridized carbons (Fsp3) is 0.556. The number of carboxylic acids is 1. The molecule has 1 amide bonds. The monoisotopic (exact) mass is 321 g/mol. The summed E-state index contributed by atoms with van der Waals surface area (Å²) in [6, 6.07) is 5.78. The van der Waals surface area contributed by atoms with Crippen LogP contribution in [0.2, 0.25) is 0 Å². The molecule has 1 rings (SSSR count). The molecule has 0 spiro atoms. The molecule has 0 bridgehead atoms. The van der Waals surface area contributed by atoms with Crippen LogP contribution in [0.1, 0.15) is 51.7 Å². The molecule has 5 nitrogen and oxygen atoms in total. The molecule has 2 N–H and O–H groups in total. The van der Waals surface area contributed by atoms with Crippen LogP contribution in [0.25, 0.3) is 0 Å². The number of nitrogens with one attached hydrogen (secondary N) is 1. The van der Waals surface area contributed by atoms with Crippen molar-refractivity contribution in [2.24, 2.45) is 5.41 Å². The van der Waals surface area contributed by atoms with Crippen LogP contribution < -0.4 is 10.1 Å². The van der Waals surface area contributed by atoms with Gasteiger partial charge in [-0.15, -0.1) is 0 Å². The highest BCUT2D eigenvalue weighted by Gasteiger charge is 2.28. The number of rotatable bonds is 7. The highest BCUT2D eigenvalue weighted by Crippen LogP contribution is 2.24. The van der Waals surface area contributed by atoms with E-state index < -0.39 is 17.5 Å². The van der Waals surface area contributed by atoms with Crippen LogP contribution >= 0.6 is 0 Å². The van der Waals surface area contributed by atoms with E-state index >= 15 is 0 Å². The lowest BCUT2D eigenvalue weighted by Gasteiger charge is -2.21. The zero-order valence-electron chi connectivity index (χ0n) is 14.8. The third-order valence-electron chi connectivity index (χ3n) is 3.83. The molecule has 128 valence electrons. The summed E-state index contributed by atoms with van der Waals surface area (Å²) in [5.41, 5.74) is 1.36. The maximum Gasteiger partial charge on any atom is 0.310 e. The maximum atomic E-state index is 12.0. The van der Waals surface area contributed by atoms with Crippen LogP contribution in [0.15, 0.2) is 18.2 Å². The second kappa shape index (κ2) is 7.49. The van der Waals surface area contributed by atoms with Crippen molar-refractivity contribution in [3.63, 3.8) is 0 Å². The van der Waals surface area contributed by atoms with Gasteiger partial charge in [0.15, 0.2) is 6.10 Å². The first-order chi connectivity index (χ1) is 10.5. The lowest BCUT2D eigenvalue weighted by atomic mass is 9.94. The topological polar surface area (TPSA) is 75.6 Å². The van der Waals surface area contributed by atoms with Gasteiger partial charge in [0.1, 0.15) is 5.75 Å². The highest BCUT2D eigenvalue weighted by molar-refractivity contribution is 5.82. The van der Waals surface area contributed by atoms with Crippen molar-refractivity contribution in [1.82, 2.24) is 5.32 Å². The Morgan fingerprint density at radius 2 is 1.87 bits per heavy atom. The van der Waals surface area contributed by atoms with E-state index in [1.54, 1.807) is 20.8 Å². The first kappa shape index (κ1) is 19.0. The van der Waals surface area contributed by atoms with Crippen molar-refractivity contribution < 1.29 is 19.4 Å². The molecule has 0 radical (unpaired) electrons. The number of amides is 1. The molecule has 0 fully saturated rings. The van der Waals surface area contributed by atoms with E-state index in [1.807, 2.05) is 25.1 Å². The Kier molecular flexibility index (Phi) is 6.19. The largest absolute Gasteiger partial charge is 0.481 e. The Hall–Kier alpha value is -2.04. The molecule has 0 aromatic heterocycles. The van der Waals surface area contributed by atoms with Crippen LogP contribution in [0.5, 0.6) is 5.75 Å². The van der Waals surface area contributed by atoms with E-state index in [9.17, 15) is 9.59 Å². The Morgan fingerprint density at radius 3 is 2.35 bits per heavy atom. The number of hydrogen-bond donors (Lipinski definition) is 2. The summed E-state index contributed by atoms with van der Waals surface area (Å²) in [6.07, 6.45) is -0.691. The molecule has 0 heterocycles. The zero-order chi connectivity index (χ0) is 17.8. The van der Waals surface area contributed by atoms with Crippen LogP contribution in [0.4, 0.5) is 0 Å². The number of carboxylic acid groups (broad SMARTS) is 1. The van der Waals surface area contributed by atoms with Crippen molar-refractivity contribution in [1.29, 1.82) is 0 Å². The molecular weight excluding hydrogens is 294 g/mol. The van der Waals surface area contributed by atoms with Gasteiger partial charge in [-0.05, 0) is 56.9 Å². The smallest absolute Gasteiger partial charge is 0.310 e. The van der Waals surface area contributed by atoms with Gasteiger partial charge in [0.05, 0.1) is 5.41 Å². The second-order valence-corrected chi connectivity index (χ2v) is 6.84.